The van der Waals surface area contributed by atoms with E-state index in [-0.39, 0.29) is 11.8 Å². The molecule has 7 nitrogen and oxygen atoms in total. The Labute approximate surface area is 156 Å². The third-order valence-corrected chi connectivity index (χ3v) is 4.37. The Hall–Kier alpha value is -3.35. The summed E-state index contributed by atoms with van der Waals surface area (Å²) in [4.78, 5) is 37.5. The normalized spacial score (nSPS) is 13.4. The highest BCUT2D eigenvalue weighted by molar-refractivity contribution is 6.05. The van der Waals surface area contributed by atoms with Crippen molar-refractivity contribution in [2.75, 3.05) is 31.0 Å². The first-order valence-corrected chi connectivity index (χ1v) is 8.51. The van der Waals surface area contributed by atoms with Crippen molar-refractivity contribution in [1.29, 1.82) is 0 Å². The molecule has 7 heteroatoms. The first kappa shape index (κ1) is 18.4. The van der Waals surface area contributed by atoms with Gasteiger partial charge in [-0.25, -0.2) is 4.79 Å². The number of hydrogen-bond acceptors (Lipinski definition) is 5. The lowest BCUT2D eigenvalue weighted by Crippen LogP contribution is -2.24. The topological polar surface area (TPSA) is 84.9 Å². The zero-order chi connectivity index (χ0) is 19.4. The van der Waals surface area contributed by atoms with Gasteiger partial charge >= 0.3 is 5.97 Å². The number of anilines is 2. The summed E-state index contributed by atoms with van der Waals surface area (Å²) in [6, 6.07) is 11.3. The van der Waals surface area contributed by atoms with Gasteiger partial charge in [0.1, 0.15) is 5.75 Å². The fourth-order valence-electron chi connectivity index (χ4n) is 2.96. The lowest BCUT2D eigenvalue weighted by molar-refractivity contribution is -0.117. The number of benzene rings is 2. The van der Waals surface area contributed by atoms with Crippen molar-refractivity contribution in [3.63, 3.8) is 0 Å². The van der Waals surface area contributed by atoms with E-state index in [0.717, 1.165) is 6.42 Å². The van der Waals surface area contributed by atoms with E-state index in [1.807, 2.05) is 0 Å². The van der Waals surface area contributed by atoms with Crippen LogP contribution in [0.15, 0.2) is 42.5 Å². The zero-order valence-corrected chi connectivity index (χ0v) is 15.2. The summed E-state index contributed by atoms with van der Waals surface area (Å²) < 4.78 is 10.0. The molecule has 0 bridgehead atoms. The maximum absolute atomic E-state index is 12.4. The molecule has 2 amide bonds. The highest BCUT2D eigenvalue weighted by Crippen LogP contribution is 2.33. The van der Waals surface area contributed by atoms with Crippen LogP contribution >= 0.6 is 0 Å². The standard InChI is InChI=1S/C20H20N2O5/c1-26-17-12-15(9-10-16(17)22-11-3-4-18(22)23)21-19(24)13-5-7-14(8-6-13)20(25)27-2/h5-10,12H,3-4,11H2,1-2H3,(H,21,24). The molecule has 1 aliphatic heterocycles. The zero-order valence-electron chi connectivity index (χ0n) is 15.2. The molecule has 1 N–H and O–H groups in total. The van der Waals surface area contributed by atoms with Gasteiger partial charge in [-0.2, -0.15) is 0 Å². The summed E-state index contributed by atoms with van der Waals surface area (Å²) in [6.07, 6.45) is 1.35. The summed E-state index contributed by atoms with van der Waals surface area (Å²) in [6.45, 7) is 0.660. The van der Waals surface area contributed by atoms with Crippen molar-refractivity contribution < 1.29 is 23.9 Å². The van der Waals surface area contributed by atoms with E-state index in [0.29, 0.717) is 41.2 Å². The van der Waals surface area contributed by atoms with Crippen LogP contribution < -0.4 is 15.0 Å². The van der Waals surface area contributed by atoms with E-state index in [9.17, 15) is 14.4 Å². The average Bonchev–Trinajstić information content (AvgIpc) is 3.13. The molecular formula is C20H20N2O5. The minimum absolute atomic E-state index is 0.0655. The molecule has 0 atom stereocenters. The van der Waals surface area contributed by atoms with Gasteiger partial charge in [0.15, 0.2) is 0 Å². The highest BCUT2D eigenvalue weighted by atomic mass is 16.5. The van der Waals surface area contributed by atoms with Crippen LogP contribution in [0.2, 0.25) is 0 Å². The van der Waals surface area contributed by atoms with Crippen molar-refractivity contribution in [3.8, 4) is 5.75 Å². The Kier molecular flexibility index (Phi) is 5.40. The van der Waals surface area contributed by atoms with Crippen LogP contribution in [-0.2, 0) is 9.53 Å². The van der Waals surface area contributed by atoms with E-state index in [4.69, 9.17) is 4.74 Å². The quantitative estimate of drug-likeness (QED) is 0.821. The van der Waals surface area contributed by atoms with Crippen molar-refractivity contribution in [1.82, 2.24) is 0 Å². The molecule has 1 aliphatic rings. The molecule has 140 valence electrons. The largest absolute Gasteiger partial charge is 0.494 e. The second-order valence-electron chi connectivity index (χ2n) is 6.06. The van der Waals surface area contributed by atoms with Gasteiger partial charge in [-0.3, -0.25) is 9.59 Å². The summed E-state index contributed by atoms with van der Waals surface area (Å²) in [7, 11) is 2.83. The van der Waals surface area contributed by atoms with Gasteiger partial charge in [0.2, 0.25) is 5.91 Å². The number of carbonyl (C=O) groups is 3. The van der Waals surface area contributed by atoms with Crippen LogP contribution in [0.5, 0.6) is 5.75 Å². The number of methoxy groups -OCH3 is 2. The number of amides is 2. The first-order valence-electron chi connectivity index (χ1n) is 8.51. The van der Waals surface area contributed by atoms with E-state index < -0.39 is 5.97 Å². The number of nitrogens with one attached hydrogen (secondary N) is 1. The van der Waals surface area contributed by atoms with Gasteiger partial charge in [-0.15, -0.1) is 0 Å². The fraction of sp³-hybridized carbons (Fsp3) is 0.250. The minimum atomic E-state index is -0.459. The summed E-state index contributed by atoms with van der Waals surface area (Å²) in [5.41, 5.74) is 2.01. The van der Waals surface area contributed by atoms with Crippen LogP contribution in [0.3, 0.4) is 0 Å². The second-order valence-corrected chi connectivity index (χ2v) is 6.06. The van der Waals surface area contributed by atoms with Crippen LogP contribution in [0.1, 0.15) is 33.6 Å². The number of carbonyl (C=O) groups excluding carboxylic acids is 3. The molecule has 0 unspecified atom stereocenters. The van der Waals surface area contributed by atoms with Crippen molar-refractivity contribution >= 4 is 29.2 Å². The van der Waals surface area contributed by atoms with E-state index in [1.165, 1.54) is 26.4 Å². The maximum Gasteiger partial charge on any atom is 0.337 e. The van der Waals surface area contributed by atoms with Crippen LogP contribution in [0, 0.1) is 0 Å². The Bertz CT molecular complexity index is 876. The van der Waals surface area contributed by atoms with Crippen molar-refractivity contribution in [3.05, 3.63) is 53.6 Å². The van der Waals surface area contributed by atoms with Crippen LogP contribution in [0.4, 0.5) is 11.4 Å². The predicted octanol–water partition coefficient (Wildman–Crippen LogP) is 2.86. The highest BCUT2D eigenvalue weighted by Gasteiger charge is 2.24. The lowest BCUT2D eigenvalue weighted by atomic mass is 10.1. The molecule has 0 radical (unpaired) electrons. The molecule has 2 aromatic rings. The molecule has 27 heavy (non-hydrogen) atoms. The lowest BCUT2D eigenvalue weighted by Gasteiger charge is -2.19. The van der Waals surface area contributed by atoms with E-state index >= 15 is 0 Å². The number of esters is 1. The molecule has 2 aromatic carbocycles. The van der Waals surface area contributed by atoms with Gasteiger partial charge in [-0.1, -0.05) is 0 Å². The van der Waals surface area contributed by atoms with Gasteiger partial charge in [0, 0.05) is 30.3 Å². The number of nitrogens with zero attached hydrogens (tertiary/aromatic N) is 1. The molecule has 0 aliphatic carbocycles. The first-order chi connectivity index (χ1) is 13.0. The Morgan fingerprint density at radius 1 is 1.04 bits per heavy atom. The monoisotopic (exact) mass is 368 g/mol. The Morgan fingerprint density at radius 2 is 1.74 bits per heavy atom. The van der Waals surface area contributed by atoms with Crippen LogP contribution in [0.25, 0.3) is 0 Å². The molecule has 3 rings (SSSR count). The van der Waals surface area contributed by atoms with Crippen molar-refractivity contribution in [2.45, 2.75) is 12.8 Å². The minimum Gasteiger partial charge on any atom is -0.494 e. The molecule has 1 heterocycles. The van der Waals surface area contributed by atoms with Gasteiger partial charge in [0.05, 0.1) is 25.5 Å². The van der Waals surface area contributed by atoms with Crippen molar-refractivity contribution in [2.24, 2.45) is 0 Å². The summed E-state index contributed by atoms with van der Waals surface area (Å²) in [5.74, 6) is -0.197. The third-order valence-electron chi connectivity index (χ3n) is 4.37. The average molecular weight is 368 g/mol. The number of ether oxygens (including phenoxy) is 2. The smallest absolute Gasteiger partial charge is 0.337 e. The molecule has 1 saturated heterocycles. The number of rotatable bonds is 5. The van der Waals surface area contributed by atoms with E-state index in [2.05, 4.69) is 10.1 Å². The fourth-order valence-corrected chi connectivity index (χ4v) is 2.96. The second kappa shape index (κ2) is 7.90. The number of hydrogen-bond donors (Lipinski definition) is 1. The molecule has 1 fully saturated rings. The third kappa shape index (κ3) is 3.92. The summed E-state index contributed by atoms with van der Waals surface area (Å²) >= 11 is 0. The van der Waals surface area contributed by atoms with Gasteiger partial charge in [-0.05, 0) is 42.8 Å². The van der Waals surface area contributed by atoms with E-state index in [1.54, 1.807) is 35.2 Å². The Morgan fingerprint density at radius 3 is 2.33 bits per heavy atom. The Balaban J connectivity index is 1.76. The van der Waals surface area contributed by atoms with Gasteiger partial charge < -0.3 is 19.7 Å². The van der Waals surface area contributed by atoms with Gasteiger partial charge in [0.25, 0.3) is 5.91 Å². The molecule has 0 spiro atoms. The SMILES string of the molecule is COC(=O)c1ccc(C(=O)Nc2ccc(N3CCCC3=O)c(OC)c2)cc1. The summed E-state index contributed by atoms with van der Waals surface area (Å²) in [5, 5.41) is 2.79. The molecule has 0 saturated carbocycles. The predicted molar refractivity (Wildman–Crippen MR) is 100 cm³/mol. The molecular weight excluding hydrogens is 348 g/mol. The van der Waals surface area contributed by atoms with Crippen LogP contribution in [-0.4, -0.2) is 38.5 Å². The molecule has 0 aromatic heterocycles. The maximum atomic E-state index is 12.4.